The number of carbonyl (C=O) groups is 1. The van der Waals surface area contributed by atoms with Crippen molar-refractivity contribution in [2.24, 2.45) is 5.92 Å². The maximum atomic E-state index is 12.7. The van der Waals surface area contributed by atoms with Gasteiger partial charge in [-0.05, 0) is 57.4 Å². The topological polar surface area (TPSA) is 35.6 Å². The highest BCUT2D eigenvalue weighted by Crippen LogP contribution is 2.33. The zero-order valence-electron chi connectivity index (χ0n) is 13.1. The number of hydrogen-bond donors (Lipinski definition) is 1. The average molecular weight is 291 g/mol. The minimum Gasteiger partial charge on any atom is -0.341 e. The van der Waals surface area contributed by atoms with E-state index in [9.17, 15) is 4.79 Å². The molecule has 4 heteroatoms. The normalized spacial score (nSPS) is 40.1. The van der Waals surface area contributed by atoms with Crippen molar-refractivity contribution >= 4 is 5.91 Å². The van der Waals surface area contributed by atoms with Crippen LogP contribution in [0.2, 0.25) is 0 Å². The Morgan fingerprint density at radius 2 is 1.76 bits per heavy atom. The van der Waals surface area contributed by atoms with Crippen molar-refractivity contribution in [1.82, 2.24) is 15.1 Å². The number of hydrogen-bond acceptors (Lipinski definition) is 3. The summed E-state index contributed by atoms with van der Waals surface area (Å²) >= 11 is 0. The molecule has 4 nitrogen and oxygen atoms in total. The van der Waals surface area contributed by atoms with E-state index in [1.54, 1.807) is 0 Å². The molecule has 0 radical (unpaired) electrons. The van der Waals surface area contributed by atoms with Crippen molar-refractivity contribution in [3.05, 3.63) is 0 Å². The second-order valence-corrected chi connectivity index (χ2v) is 7.70. The Morgan fingerprint density at radius 3 is 2.57 bits per heavy atom. The molecular formula is C17H29N3O. The molecule has 3 unspecified atom stereocenters. The predicted octanol–water partition coefficient (Wildman–Crippen LogP) is 1.60. The van der Waals surface area contributed by atoms with Crippen LogP contribution in [-0.2, 0) is 4.79 Å². The van der Waals surface area contributed by atoms with Crippen LogP contribution < -0.4 is 5.32 Å². The van der Waals surface area contributed by atoms with E-state index in [4.69, 9.17) is 0 Å². The van der Waals surface area contributed by atoms with E-state index < -0.39 is 0 Å². The summed E-state index contributed by atoms with van der Waals surface area (Å²) in [5.74, 6) is 1.08. The van der Waals surface area contributed by atoms with E-state index in [0.29, 0.717) is 30.0 Å². The van der Waals surface area contributed by atoms with Gasteiger partial charge >= 0.3 is 0 Å². The summed E-state index contributed by atoms with van der Waals surface area (Å²) in [5.41, 5.74) is 0. The molecule has 0 spiro atoms. The van der Waals surface area contributed by atoms with Crippen molar-refractivity contribution in [2.45, 2.75) is 69.5 Å². The van der Waals surface area contributed by atoms with Crippen molar-refractivity contribution in [2.75, 3.05) is 26.2 Å². The molecule has 0 saturated carbocycles. The van der Waals surface area contributed by atoms with E-state index in [0.717, 1.165) is 19.5 Å². The molecule has 4 saturated heterocycles. The summed E-state index contributed by atoms with van der Waals surface area (Å²) in [7, 11) is 0. The fourth-order valence-corrected chi connectivity index (χ4v) is 5.15. The molecule has 4 rings (SSSR count). The fraction of sp³-hybridized carbons (Fsp3) is 0.941. The van der Waals surface area contributed by atoms with E-state index in [-0.39, 0.29) is 0 Å². The first kappa shape index (κ1) is 14.0. The van der Waals surface area contributed by atoms with Gasteiger partial charge in [0.25, 0.3) is 0 Å². The van der Waals surface area contributed by atoms with E-state index in [2.05, 4.69) is 15.1 Å². The van der Waals surface area contributed by atoms with Gasteiger partial charge in [0.2, 0.25) is 5.91 Å². The number of rotatable bonds is 2. The third-order valence-corrected chi connectivity index (χ3v) is 6.19. The summed E-state index contributed by atoms with van der Waals surface area (Å²) < 4.78 is 0. The molecule has 0 aromatic heterocycles. The van der Waals surface area contributed by atoms with Gasteiger partial charge in [0.1, 0.15) is 0 Å². The van der Waals surface area contributed by atoms with Crippen molar-refractivity contribution in [3.8, 4) is 0 Å². The van der Waals surface area contributed by atoms with Crippen LogP contribution in [0.4, 0.5) is 0 Å². The number of piperidine rings is 1. The molecule has 21 heavy (non-hydrogen) atoms. The van der Waals surface area contributed by atoms with Gasteiger partial charge in [-0.2, -0.15) is 0 Å². The lowest BCUT2D eigenvalue weighted by Crippen LogP contribution is -2.42. The molecule has 2 bridgehead atoms. The Morgan fingerprint density at radius 1 is 1.00 bits per heavy atom. The smallest absolute Gasteiger partial charge is 0.222 e. The Hall–Kier alpha value is -0.610. The zero-order chi connectivity index (χ0) is 14.2. The molecule has 1 N–H and O–H groups in total. The quantitative estimate of drug-likeness (QED) is 0.839. The SMILES string of the molecule is O=C(CC1CC2CCC(C1)N2)N1CCCN2CCCC2C1. The fourth-order valence-electron chi connectivity index (χ4n) is 5.15. The maximum absolute atomic E-state index is 12.7. The minimum absolute atomic E-state index is 0.440. The molecule has 4 aliphatic rings. The number of amides is 1. The zero-order valence-corrected chi connectivity index (χ0v) is 13.1. The number of nitrogens with one attached hydrogen (secondary N) is 1. The second kappa shape index (κ2) is 5.88. The highest BCUT2D eigenvalue weighted by atomic mass is 16.2. The van der Waals surface area contributed by atoms with E-state index in [1.807, 2.05) is 0 Å². The first-order chi connectivity index (χ1) is 10.3. The van der Waals surface area contributed by atoms with Gasteiger partial charge in [-0.3, -0.25) is 9.69 Å². The molecule has 3 atom stereocenters. The van der Waals surface area contributed by atoms with Crippen LogP contribution in [0.25, 0.3) is 0 Å². The lowest BCUT2D eigenvalue weighted by atomic mass is 9.89. The molecule has 0 aromatic rings. The van der Waals surface area contributed by atoms with Crippen LogP contribution in [0.1, 0.15) is 51.4 Å². The van der Waals surface area contributed by atoms with Crippen molar-refractivity contribution in [1.29, 1.82) is 0 Å². The monoisotopic (exact) mass is 291 g/mol. The van der Waals surface area contributed by atoms with Crippen LogP contribution >= 0.6 is 0 Å². The van der Waals surface area contributed by atoms with Crippen molar-refractivity contribution in [3.63, 3.8) is 0 Å². The standard InChI is InChI=1S/C17H29N3O/c21-17(11-13-9-14-4-5-15(10-13)18-14)20-8-2-7-19-6-1-3-16(19)12-20/h13-16,18H,1-12H2. The lowest BCUT2D eigenvalue weighted by molar-refractivity contribution is -0.132. The van der Waals surface area contributed by atoms with Gasteiger partial charge in [-0.25, -0.2) is 0 Å². The molecule has 0 aliphatic carbocycles. The van der Waals surface area contributed by atoms with Crippen LogP contribution in [-0.4, -0.2) is 60.0 Å². The average Bonchev–Trinajstić information content (AvgIpc) is 2.99. The molecule has 4 aliphatic heterocycles. The number of carbonyl (C=O) groups excluding carboxylic acids is 1. The molecule has 0 aromatic carbocycles. The Balaban J connectivity index is 1.34. The van der Waals surface area contributed by atoms with E-state index >= 15 is 0 Å². The number of fused-ring (bicyclic) bond motifs is 3. The van der Waals surface area contributed by atoms with Gasteiger partial charge in [-0.15, -0.1) is 0 Å². The summed E-state index contributed by atoms with van der Waals surface area (Å²) in [6.07, 6.45) is 9.70. The molecule has 4 heterocycles. The van der Waals surface area contributed by atoms with E-state index in [1.165, 1.54) is 58.0 Å². The summed E-state index contributed by atoms with van der Waals surface area (Å²) in [6, 6.07) is 2.06. The molecular weight excluding hydrogens is 262 g/mol. The van der Waals surface area contributed by atoms with Crippen molar-refractivity contribution < 1.29 is 4.79 Å². The molecule has 118 valence electrons. The maximum Gasteiger partial charge on any atom is 0.222 e. The summed E-state index contributed by atoms with van der Waals surface area (Å²) in [5, 5.41) is 3.68. The van der Waals surface area contributed by atoms with Gasteiger partial charge in [-0.1, -0.05) is 0 Å². The Labute approximate surface area is 128 Å². The van der Waals surface area contributed by atoms with Gasteiger partial charge in [0, 0.05) is 44.2 Å². The third kappa shape index (κ3) is 2.98. The Kier molecular flexibility index (Phi) is 3.92. The van der Waals surface area contributed by atoms with Crippen LogP contribution in [0.15, 0.2) is 0 Å². The lowest BCUT2D eigenvalue weighted by Gasteiger charge is -2.31. The molecule has 1 amide bonds. The first-order valence-corrected chi connectivity index (χ1v) is 9.06. The highest BCUT2D eigenvalue weighted by molar-refractivity contribution is 5.76. The van der Waals surface area contributed by atoms with Crippen LogP contribution in [0.3, 0.4) is 0 Å². The highest BCUT2D eigenvalue weighted by Gasteiger charge is 2.36. The predicted molar refractivity (Wildman–Crippen MR) is 83.1 cm³/mol. The third-order valence-electron chi connectivity index (χ3n) is 6.19. The molecule has 4 fully saturated rings. The van der Waals surface area contributed by atoms with Crippen LogP contribution in [0.5, 0.6) is 0 Å². The number of nitrogens with zero attached hydrogens (tertiary/aromatic N) is 2. The van der Waals surface area contributed by atoms with Crippen LogP contribution in [0, 0.1) is 5.92 Å². The van der Waals surface area contributed by atoms with Gasteiger partial charge in [0.05, 0.1) is 0 Å². The second-order valence-electron chi connectivity index (χ2n) is 7.70. The first-order valence-electron chi connectivity index (χ1n) is 9.06. The summed E-state index contributed by atoms with van der Waals surface area (Å²) in [6.45, 7) is 4.44. The summed E-state index contributed by atoms with van der Waals surface area (Å²) in [4.78, 5) is 17.5. The van der Waals surface area contributed by atoms with Gasteiger partial charge in [0.15, 0.2) is 0 Å². The Bertz CT molecular complexity index is 387. The largest absolute Gasteiger partial charge is 0.341 e. The minimum atomic E-state index is 0.440. The van der Waals surface area contributed by atoms with Gasteiger partial charge < -0.3 is 10.2 Å².